The fraction of sp³-hybridized carbons (Fsp3) is 0.529. The van der Waals surface area contributed by atoms with Crippen LogP contribution in [0.2, 0.25) is 0 Å². The van der Waals surface area contributed by atoms with E-state index in [9.17, 15) is 5.11 Å². The lowest BCUT2D eigenvalue weighted by atomic mass is 9.73. The van der Waals surface area contributed by atoms with Gasteiger partial charge in [0.05, 0.1) is 0 Å². The molecule has 6 rings (SSSR count). The van der Waals surface area contributed by atoms with Crippen LogP contribution in [0.1, 0.15) is 80.0 Å². The van der Waals surface area contributed by atoms with Gasteiger partial charge in [0.1, 0.15) is 5.60 Å². The maximum Gasteiger partial charge on any atom is 0.130 e. The second-order valence-corrected chi connectivity index (χ2v) is 11.6. The molecule has 3 nitrogen and oxygen atoms in total. The molecular formula is C34H42N2O. The second-order valence-electron chi connectivity index (χ2n) is 11.6. The molecular weight excluding hydrogens is 452 g/mol. The Balaban J connectivity index is 0.000000152. The molecule has 2 heterocycles. The first-order chi connectivity index (χ1) is 18.0. The normalized spacial score (nSPS) is 30.0. The molecule has 4 aliphatic rings. The van der Waals surface area contributed by atoms with Crippen LogP contribution >= 0.6 is 0 Å². The molecule has 0 aromatic heterocycles. The molecule has 194 valence electrons. The first kappa shape index (κ1) is 25.9. The molecule has 0 spiro atoms. The molecule has 2 saturated heterocycles. The van der Waals surface area contributed by atoms with E-state index in [1.54, 1.807) is 0 Å². The van der Waals surface area contributed by atoms with Crippen LogP contribution in [0.3, 0.4) is 0 Å². The van der Waals surface area contributed by atoms with E-state index in [1.807, 2.05) is 12.1 Å². The number of hydrogen-bond acceptors (Lipinski definition) is 3. The van der Waals surface area contributed by atoms with Crippen LogP contribution in [0, 0.1) is 49.5 Å². The van der Waals surface area contributed by atoms with Crippen molar-refractivity contribution in [3.8, 4) is 23.8 Å². The Labute approximate surface area is 224 Å². The Morgan fingerprint density at radius 2 is 1.59 bits per heavy atom. The Kier molecular flexibility index (Phi) is 8.24. The fourth-order valence-corrected chi connectivity index (χ4v) is 6.88. The molecule has 5 atom stereocenters. The summed E-state index contributed by atoms with van der Waals surface area (Å²) < 4.78 is 0. The van der Waals surface area contributed by atoms with E-state index < -0.39 is 5.60 Å². The number of fused-ring (bicyclic) bond motifs is 2. The largest absolute Gasteiger partial charge is 0.377 e. The zero-order valence-electron chi connectivity index (χ0n) is 22.6. The SMILES string of the molecule is Cc1cccc(C#CN2CCC3CCCCC32)c1.Cc1cccc(C#C[C@]2(O)CCC[C@H]3NCC[C@H]32)c1. The van der Waals surface area contributed by atoms with Crippen molar-refractivity contribution >= 4 is 0 Å². The summed E-state index contributed by atoms with van der Waals surface area (Å²) in [5, 5.41) is 14.4. The van der Waals surface area contributed by atoms with E-state index in [0.29, 0.717) is 12.0 Å². The van der Waals surface area contributed by atoms with E-state index in [0.717, 1.165) is 48.9 Å². The molecule has 2 unspecified atom stereocenters. The van der Waals surface area contributed by atoms with Crippen LogP contribution in [-0.4, -0.2) is 40.8 Å². The van der Waals surface area contributed by atoms with Gasteiger partial charge in [0.2, 0.25) is 0 Å². The first-order valence-corrected chi connectivity index (χ1v) is 14.4. The lowest BCUT2D eigenvalue weighted by Crippen LogP contribution is -2.47. The number of nitrogens with one attached hydrogen (secondary N) is 1. The summed E-state index contributed by atoms with van der Waals surface area (Å²) in [7, 11) is 0. The molecule has 37 heavy (non-hydrogen) atoms. The highest BCUT2D eigenvalue weighted by molar-refractivity contribution is 5.39. The highest BCUT2D eigenvalue weighted by atomic mass is 16.3. The van der Waals surface area contributed by atoms with Gasteiger partial charge in [0, 0.05) is 41.7 Å². The number of nitrogens with zero attached hydrogens (tertiary/aromatic N) is 1. The van der Waals surface area contributed by atoms with Crippen molar-refractivity contribution in [1.82, 2.24) is 10.2 Å². The third-order valence-electron chi connectivity index (χ3n) is 8.85. The number of hydrogen-bond donors (Lipinski definition) is 2. The molecule has 4 fully saturated rings. The van der Waals surface area contributed by atoms with Crippen LogP contribution in [0.15, 0.2) is 48.5 Å². The summed E-state index contributed by atoms with van der Waals surface area (Å²) in [6.45, 7) is 6.38. The van der Waals surface area contributed by atoms with Gasteiger partial charge in [-0.3, -0.25) is 0 Å². The van der Waals surface area contributed by atoms with E-state index in [2.05, 4.69) is 84.3 Å². The van der Waals surface area contributed by atoms with E-state index in [1.165, 1.54) is 56.2 Å². The predicted octanol–water partition coefficient (Wildman–Crippen LogP) is 5.81. The van der Waals surface area contributed by atoms with Gasteiger partial charge in [-0.05, 0) is 113 Å². The van der Waals surface area contributed by atoms with Crippen molar-refractivity contribution in [2.45, 2.75) is 89.3 Å². The summed E-state index contributed by atoms with van der Waals surface area (Å²) in [6, 6.07) is 21.3. The summed E-state index contributed by atoms with van der Waals surface area (Å²) in [5.41, 5.74) is 3.85. The van der Waals surface area contributed by atoms with Gasteiger partial charge in [-0.15, -0.1) is 0 Å². The van der Waals surface area contributed by atoms with Crippen LogP contribution in [0.4, 0.5) is 0 Å². The molecule has 2 aliphatic carbocycles. The monoisotopic (exact) mass is 494 g/mol. The van der Waals surface area contributed by atoms with Gasteiger partial charge < -0.3 is 15.3 Å². The summed E-state index contributed by atoms with van der Waals surface area (Å²) in [6.07, 6.45) is 11.1. The third kappa shape index (κ3) is 6.41. The smallest absolute Gasteiger partial charge is 0.130 e. The van der Waals surface area contributed by atoms with Crippen LogP contribution in [0.5, 0.6) is 0 Å². The Hall–Kier alpha value is -2.72. The average molecular weight is 495 g/mol. The second kappa shape index (κ2) is 11.8. The minimum atomic E-state index is -0.795. The summed E-state index contributed by atoms with van der Waals surface area (Å²) in [4.78, 5) is 2.41. The third-order valence-corrected chi connectivity index (χ3v) is 8.85. The maximum absolute atomic E-state index is 10.9. The predicted molar refractivity (Wildman–Crippen MR) is 152 cm³/mol. The minimum absolute atomic E-state index is 0.304. The zero-order chi connectivity index (χ0) is 25.7. The van der Waals surface area contributed by atoms with Crippen LogP contribution in [0.25, 0.3) is 0 Å². The molecule has 2 aromatic rings. The van der Waals surface area contributed by atoms with Crippen molar-refractivity contribution in [2.24, 2.45) is 11.8 Å². The van der Waals surface area contributed by atoms with E-state index >= 15 is 0 Å². The number of rotatable bonds is 0. The lowest BCUT2D eigenvalue weighted by molar-refractivity contribution is 0.000967. The molecule has 0 bridgehead atoms. The summed E-state index contributed by atoms with van der Waals surface area (Å²) >= 11 is 0. The lowest BCUT2D eigenvalue weighted by Gasteiger charge is -2.37. The van der Waals surface area contributed by atoms with E-state index in [-0.39, 0.29) is 0 Å². The van der Waals surface area contributed by atoms with Crippen LogP contribution < -0.4 is 5.32 Å². The number of benzene rings is 2. The quantitative estimate of drug-likeness (QED) is 0.454. The van der Waals surface area contributed by atoms with E-state index in [4.69, 9.17) is 0 Å². The average Bonchev–Trinajstić information content (AvgIpc) is 3.55. The summed E-state index contributed by atoms with van der Waals surface area (Å²) in [5.74, 6) is 10.9. The topological polar surface area (TPSA) is 35.5 Å². The Bertz CT molecular complexity index is 1200. The van der Waals surface area contributed by atoms with Gasteiger partial charge in [-0.2, -0.15) is 0 Å². The van der Waals surface area contributed by atoms with Gasteiger partial charge in [-0.1, -0.05) is 48.9 Å². The molecule has 2 N–H and O–H groups in total. The van der Waals surface area contributed by atoms with Gasteiger partial charge in [0.25, 0.3) is 0 Å². The Morgan fingerprint density at radius 3 is 2.35 bits per heavy atom. The maximum atomic E-state index is 10.9. The Morgan fingerprint density at radius 1 is 0.865 bits per heavy atom. The number of aryl methyl sites for hydroxylation is 2. The molecule has 3 heteroatoms. The standard InChI is InChI=1S/C17H21NO.C17H21N/c1-13-4-2-5-14(12-13)7-10-17(19)9-3-6-16-15(17)8-11-18-16;1-14-5-4-6-15(13-14)9-11-18-12-10-16-7-2-3-8-17(16)18/h2,4-5,12,15-16,18-19H,3,6,8-9,11H2,1H3;4-6,13,16-17H,2-3,7-8,10,12H2,1H3/t15-,16-,17-;/m1./s1. The molecule has 2 aliphatic heterocycles. The first-order valence-electron chi connectivity index (χ1n) is 14.4. The van der Waals surface area contributed by atoms with Crippen molar-refractivity contribution in [3.63, 3.8) is 0 Å². The zero-order valence-corrected chi connectivity index (χ0v) is 22.6. The van der Waals surface area contributed by atoms with Crippen molar-refractivity contribution in [2.75, 3.05) is 13.1 Å². The molecule has 2 aromatic carbocycles. The van der Waals surface area contributed by atoms with Crippen molar-refractivity contribution in [1.29, 1.82) is 0 Å². The highest BCUT2D eigenvalue weighted by Gasteiger charge is 2.45. The highest BCUT2D eigenvalue weighted by Crippen LogP contribution is 2.38. The number of likely N-dealkylation sites (tertiary alicyclic amines) is 1. The van der Waals surface area contributed by atoms with Gasteiger partial charge in [-0.25, -0.2) is 0 Å². The molecule has 2 saturated carbocycles. The number of aliphatic hydroxyl groups is 1. The van der Waals surface area contributed by atoms with Gasteiger partial charge >= 0.3 is 0 Å². The molecule has 0 radical (unpaired) electrons. The van der Waals surface area contributed by atoms with Gasteiger partial charge in [0.15, 0.2) is 0 Å². The molecule has 0 amide bonds. The fourth-order valence-electron chi connectivity index (χ4n) is 6.88. The minimum Gasteiger partial charge on any atom is -0.377 e. The van der Waals surface area contributed by atoms with Crippen molar-refractivity contribution in [3.05, 3.63) is 70.8 Å². The van der Waals surface area contributed by atoms with Crippen molar-refractivity contribution < 1.29 is 5.11 Å². The van der Waals surface area contributed by atoms with Crippen LogP contribution in [-0.2, 0) is 0 Å².